The first-order chi connectivity index (χ1) is 30.9. The summed E-state index contributed by atoms with van der Waals surface area (Å²) in [7, 11) is 1.73. The number of hydrogen-bond acceptors (Lipinski definition) is 13. The highest BCUT2D eigenvalue weighted by molar-refractivity contribution is 7.10. The topological polar surface area (TPSA) is 156 Å². The number of fused-ring (bicyclic) bond motifs is 7. The molecule has 0 unspecified atom stereocenters. The maximum atomic E-state index is 14.4. The van der Waals surface area contributed by atoms with Crippen LogP contribution in [0.3, 0.4) is 0 Å². The first kappa shape index (κ1) is 44.5. The van der Waals surface area contributed by atoms with E-state index in [0.717, 1.165) is 89.8 Å². The minimum Gasteiger partial charge on any atom is -0.464 e. The molecule has 0 radical (unpaired) electrons. The van der Waals surface area contributed by atoms with Crippen LogP contribution in [0.5, 0.6) is 0 Å². The zero-order chi connectivity index (χ0) is 44.7. The van der Waals surface area contributed by atoms with Gasteiger partial charge in [0.25, 0.3) is 5.91 Å². The molecule has 4 aromatic rings. The van der Waals surface area contributed by atoms with Gasteiger partial charge in [0.2, 0.25) is 0 Å². The Morgan fingerprint density at radius 3 is 2.73 bits per heavy atom. The van der Waals surface area contributed by atoms with E-state index < -0.39 is 23.5 Å². The highest BCUT2D eigenvalue weighted by atomic mass is 32.1. The second-order valence-electron chi connectivity index (χ2n) is 18.7. The second-order valence-corrected chi connectivity index (χ2v) is 19.7. The molecule has 6 bridgehead atoms. The van der Waals surface area contributed by atoms with Gasteiger partial charge in [0, 0.05) is 92.2 Å². The predicted octanol–water partition coefficient (Wildman–Crippen LogP) is 5.04. The van der Waals surface area contributed by atoms with Crippen LogP contribution < -0.4 is 15.6 Å². The van der Waals surface area contributed by atoms with Crippen molar-refractivity contribution in [1.82, 2.24) is 40.1 Å². The molecule has 0 spiro atoms. The smallest absolute Gasteiger partial charge is 0.324 e. The molecule has 16 nitrogen and oxygen atoms in total. The number of urea groups is 1. The van der Waals surface area contributed by atoms with Crippen LogP contribution in [0.2, 0.25) is 0 Å². The molecule has 1 aromatic carbocycles. The molecule has 4 saturated heterocycles. The third-order valence-electron chi connectivity index (χ3n) is 13.6. The summed E-state index contributed by atoms with van der Waals surface area (Å²) < 4.78 is 26.1. The summed E-state index contributed by atoms with van der Waals surface area (Å²) in [5, 5.41) is 8.36. The SMILES string of the molecule is CCn1c(-c2cc(N3CCN4CCOC[C@@H]4C3)cnc2[C@H](C)OC)c2c3cc(ccc31)-c1csc(n1)C[C@H](NC(=O)N1CCOC[C@@H]1C)C(=O)N1CCC[C@H](N1)C(=O)OCC(C)(C)C2. The maximum absolute atomic E-state index is 14.4. The third-order valence-corrected chi connectivity index (χ3v) is 14.5. The number of nitrogens with one attached hydrogen (secondary N) is 2. The van der Waals surface area contributed by atoms with Crippen molar-refractivity contribution < 1.29 is 33.3 Å². The Bertz CT molecular complexity index is 2370. The fraction of sp³-hybridized carbons (Fsp3) is 0.596. The second kappa shape index (κ2) is 18.7. The summed E-state index contributed by atoms with van der Waals surface area (Å²) in [6, 6.07) is 7.05. The van der Waals surface area contributed by atoms with Crippen molar-refractivity contribution in [3.63, 3.8) is 0 Å². The van der Waals surface area contributed by atoms with Crippen LogP contribution in [0.25, 0.3) is 33.4 Å². The molecule has 64 heavy (non-hydrogen) atoms. The van der Waals surface area contributed by atoms with Gasteiger partial charge in [-0.3, -0.25) is 24.5 Å². The fourth-order valence-electron chi connectivity index (χ4n) is 10.0. The fourth-order valence-corrected chi connectivity index (χ4v) is 10.9. The van der Waals surface area contributed by atoms with Crippen molar-refractivity contribution in [2.45, 2.75) is 97.1 Å². The number of aryl methyl sites for hydroxylation is 1. The van der Waals surface area contributed by atoms with E-state index in [9.17, 15) is 14.4 Å². The standard InChI is InChI=1S/C47H63N9O7S/c1-7-54-40-11-10-31-19-34(40)36(43(54)35-20-32(23-48-42(35)30(3)60-6)53-14-13-52-15-17-62-26-33(52)24-53)22-47(4,5)28-63-45(58)37-9-8-12-56(51-37)44(57)38(21-41-49-39(31)27-64-41)50-46(59)55-16-18-61-25-29(55)2/h10-11,19-20,23,27,29-30,33,37-38,51H,7-9,12-18,21-22,24-26,28H2,1-6H3,(H,50,59)/t29-,30-,33-,37-,38-/m0/s1. The number of hydrogen-bond donors (Lipinski definition) is 2. The molecule has 17 heteroatoms. The van der Waals surface area contributed by atoms with E-state index in [0.29, 0.717) is 63.2 Å². The molecule has 8 heterocycles. The van der Waals surface area contributed by atoms with E-state index in [1.165, 1.54) is 16.3 Å². The van der Waals surface area contributed by atoms with Crippen LogP contribution in [0.4, 0.5) is 10.5 Å². The monoisotopic (exact) mass is 897 g/mol. The molecule has 9 rings (SSSR count). The van der Waals surface area contributed by atoms with Crippen molar-refractivity contribution >= 4 is 45.8 Å². The van der Waals surface area contributed by atoms with Gasteiger partial charge in [-0.05, 0) is 63.8 Å². The van der Waals surface area contributed by atoms with E-state index >= 15 is 0 Å². The first-order valence-electron chi connectivity index (χ1n) is 23.0. The summed E-state index contributed by atoms with van der Waals surface area (Å²) in [5.41, 5.74) is 10.7. The average molecular weight is 898 g/mol. The number of nitrogens with zero attached hydrogens (tertiary/aromatic N) is 7. The van der Waals surface area contributed by atoms with Crippen molar-refractivity contribution in [3.05, 3.63) is 52.1 Å². The van der Waals surface area contributed by atoms with Gasteiger partial charge in [0.05, 0.1) is 85.2 Å². The predicted molar refractivity (Wildman–Crippen MR) is 245 cm³/mol. The van der Waals surface area contributed by atoms with Gasteiger partial charge in [0.15, 0.2) is 0 Å². The van der Waals surface area contributed by atoms with Gasteiger partial charge in [-0.1, -0.05) is 19.9 Å². The van der Waals surface area contributed by atoms with Crippen molar-refractivity contribution in [3.8, 4) is 22.5 Å². The number of esters is 1. The van der Waals surface area contributed by atoms with E-state index in [1.807, 2.05) is 25.4 Å². The van der Waals surface area contributed by atoms with Crippen molar-refractivity contribution in [2.24, 2.45) is 5.41 Å². The Hall–Kier alpha value is -4.65. The lowest BCUT2D eigenvalue weighted by Crippen LogP contribution is -2.62. The Morgan fingerprint density at radius 1 is 1.09 bits per heavy atom. The van der Waals surface area contributed by atoms with Crippen LogP contribution in [0.1, 0.15) is 69.8 Å². The van der Waals surface area contributed by atoms with Crippen LogP contribution >= 0.6 is 11.3 Å². The van der Waals surface area contributed by atoms with Crippen molar-refractivity contribution in [1.29, 1.82) is 0 Å². The van der Waals surface area contributed by atoms with Gasteiger partial charge < -0.3 is 38.6 Å². The highest BCUT2D eigenvalue weighted by Gasteiger charge is 2.37. The highest BCUT2D eigenvalue weighted by Crippen LogP contribution is 2.43. The summed E-state index contributed by atoms with van der Waals surface area (Å²) in [5.74, 6) is -0.732. The number of methoxy groups -OCH3 is 1. The molecule has 5 atom stereocenters. The molecule has 5 aliphatic heterocycles. The minimum atomic E-state index is -0.926. The number of carbonyl (C=O) groups is 3. The quantitative estimate of drug-likeness (QED) is 0.249. The number of cyclic esters (lactones) is 1. The van der Waals surface area contributed by atoms with E-state index in [1.54, 1.807) is 12.0 Å². The molecular weight excluding hydrogens is 835 g/mol. The van der Waals surface area contributed by atoms with E-state index in [-0.39, 0.29) is 37.1 Å². The van der Waals surface area contributed by atoms with Gasteiger partial charge in [-0.15, -0.1) is 11.3 Å². The number of morpholine rings is 2. The van der Waals surface area contributed by atoms with Crippen LogP contribution in [-0.2, 0) is 47.9 Å². The van der Waals surface area contributed by atoms with Crippen LogP contribution in [0.15, 0.2) is 35.8 Å². The number of hydrazine groups is 1. The maximum Gasteiger partial charge on any atom is 0.324 e. The Balaban J connectivity index is 1.14. The molecule has 3 amide bonds. The van der Waals surface area contributed by atoms with E-state index in [2.05, 4.69) is 70.1 Å². The van der Waals surface area contributed by atoms with Gasteiger partial charge in [-0.25, -0.2) is 15.2 Å². The summed E-state index contributed by atoms with van der Waals surface area (Å²) >= 11 is 1.47. The zero-order valence-electron chi connectivity index (χ0n) is 38.1. The average Bonchev–Trinajstić information content (AvgIpc) is 3.91. The number of benzene rings is 1. The minimum absolute atomic E-state index is 0.142. The summed E-state index contributed by atoms with van der Waals surface area (Å²) in [6.07, 6.45) is 3.62. The number of piperazine rings is 1. The number of aromatic nitrogens is 3. The summed E-state index contributed by atoms with van der Waals surface area (Å²) in [4.78, 5) is 59.0. The van der Waals surface area contributed by atoms with Crippen molar-refractivity contribution in [2.75, 3.05) is 84.3 Å². The number of ether oxygens (including phenoxy) is 4. The molecule has 5 aliphatic rings. The number of thiazole rings is 1. The molecule has 0 aliphatic carbocycles. The van der Waals surface area contributed by atoms with Gasteiger partial charge in [-0.2, -0.15) is 0 Å². The van der Waals surface area contributed by atoms with Crippen LogP contribution in [0, 0.1) is 5.41 Å². The Morgan fingerprint density at radius 2 is 1.92 bits per heavy atom. The normalized spacial score (nSPS) is 25.1. The molecule has 344 valence electrons. The van der Waals surface area contributed by atoms with Gasteiger partial charge in [0.1, 0.15) is 12.1 Å². The molecule has 2 N–H and O–H groups in total. The molecule has 0 saturated carbocycles. The number of pyridine rings is 1. The molecule has 4 fully saturated rings. The lowest BCUT2D eigenvalue weighted by atomic mass is 9.84. The first-order valence-corrected chi connectivity index (χ1v) is 23.9. The number of rotatable bonds is 6. The Labute approximate surface area is 379 Å². The number of carbonyl (C=O) groups excluding carboxylic acids is 3. The largest absolute Gasteiger partial charge is 0.464 e. The third kappa shape index (κ3) is 8.99. The lowest BCUT2D eigenvalue weighted by molar-refractivity contribution is -0.155. The lowest BCUT2D eigenvalue weighted by Gasteiger charge is -2.44. The van der Waals surface area contributed by atoms with Gasteiger partial charge >= 0.3 is 12.0 Å². The number of amides is 3. The molecule has 3 aromatic heterocycles. The number of anilines is 1. The Kier molecular flexibility index (Phi) is 13.0. The summed E-state index contributed by atoms with van der Waals surface area (Å²) in [6.45, 7) is 18.2. The molecular formula is C47H63N9O7S. The van der Waals surface area contributed by atoms with Crippen LogP contribution in [-0.4, -0.2) is 151 Å². The zero-order valence-corrected chi connectivity index (χ0v) is 38.9. The van der Waals surface area contributed by atoms with E-state index in [4.69, 9.17) is 28.9 Å².